The number of nitrogen functional groups attached to an aromatic ring is 1. The normalized spacial score (nSPS) is 10.9. The van der Waals surface area contributed by atoms with Gasteiger partial charge in [-0.15, -0.1) is 0 Å². The second-order valence-electron chi connectivity index (χ2n) is 4.49. The van der Waals surface area contributed by atoms with Gasteiger partial charge < -0.3 is 11.1 Å². The van der Waals surface area contributed by atoms with Gasteiger partial charge in [0.25, 0.3) is 0 Å². The van der Waals surface area contributed by atoms with Gasteiger partial charge in [0.05, 0.1) is 11.3 Å². The Morgan fingerprint density at radius 1 is 1.56 bits per heavy atom. The quantitative estimate of drug-likeness (QED) is 0.814. The molecule has 0 unspecified atom stereocenters. The first-order valence-electron chi connectivity index (χ1n) is 5.43. The number of nitrogens with zero attached hydrogens (tertiary/aromatic N) is 2. The molecular formula is C12H18N4. The molecule has 0 atom stereocenters. The molecule has 1 heterocycles. The van der Waals surface area contributed by atoms with Crippen molar-refractivity contribution in [3.63, 3.8) is 0 Å². The Hall–Kier alpha value is -1.76. The van der Waals surface area contributed by atoms with Gasteiger partial charge in [-0.3, -0.25) is 0 Å². The molecule has 0 bridgehead atoms. The summed E-state index contributed by atoms with van der Waals surface area (Å²) in [5, 5.41) is 12.1. The summed E-state index contributed by atoms with van der Waals surface area (Å²) in [5.41, 5.74) is 6.67. The van der Waals surface area contributed by atoms with Crippen LogP contribution in [0.3, 0.4) is 0 Å². The number of nitrogens with one attached hydrogen (secondary N) is 1. The monoisotopic (exact) mass is 218 g/mol. The van der Waals surface area contributed by atoms with Crippen LogP contribution in [0.5, 0.6) is 0 Å². The van der Waals surface area contributed by atoms with E-state index in [-0.39, 0.29) is 5.54 Å². The number of aromatic nitrogens is 1. The number of hydrogen-bond acceptors (Lipinski definition) is 4. The fourth-order valence-corrected chi connectivity index (χ4v) is 1.68. The Balaban J connectivity index is 2.94. The molecule has 1 aromatic heterocycles. The highest BCUT2D eigenvalue weighted by molar-refractivity contribution is 5.69. The summed E-state index contributed by atoms with van der Waals surface area (Å²) in [6, 6.07) is 3.67. The molecule has 1 rings (SSSR count). The zero-order chi connectivity index (χ0) is 12.2. The number of nitriles is 1. The van der Waals surface area contributed by atoms with Crippen LogP contribution < -0.4 is 11.1 Å². The molecule has 0 fully saturated rings. The van der Waals surface area contributed by atoms with Crippen LogP contribution in [0.2, 0.25) is 0 Å². The molecule has 16 heavy (non-hydrogen) atoms. The Bertz CT molecular complexity index is 404. The molecule has 86 valence electrons. The second kappa shape index (κ2) is 4.84. The fourth-order valence-electron chi connectivity index (χ4n) is 1.68. The summed E-state index contributed by atoms with van der Waals surface area (Å²) in [5.74, 6) is 0.595. The van der Waals surface area contributed by atoms with Crippen LogP contribution in [0, 0.1) is 11.3 Å². The molecule has 0 saturated heterocycles. The van der Waals surface area contributed by atoms with Crippen LogP contribution in [0.4, 0.5) is 11.5 Å². The number of rotatable bonds is 4. The Morgan fingerprint density at radius 3 is 2.81 bits per heavy atom. The average molecular weight is 218 g/mol. The van der Waals surface area contributed by atoms with Crippen molar-refractivity contribution in [2.45, 2.75) is 39.2 Å². The molecule has 4 heteroatoms. The molecule has 0 aliphatic carbocycles. The first-order chi connectivity index (χ1) is 7.50. The van der Waals surface area contributed by atoms with Crippen molar-refractivity contribution < 1.29 is 0 Å². The lowest BCUT2D eigenvalue weighted by atomic mass is 9.99. The first kappa shape index (κ1) is 12.3. The molecule has 0 amide bonds. The van der Waals surface area contributed by atoms with E-state index in [2.05, 4.69) is 31.1 Å². The van der Waals surface area contributed by atoms with E-state index in [1.165, 1.54) is 0 Å². The third kappa shape index (κ3) is 2.86. The van der Waals surface area contributed by atoms with E-state index < -0.39 is 0 Å². The lowest BCUT2D eigenvalue weighted by Crippen LogP contribution is -2.31. The standard InChI is InChI=1S/C12H18N4/c1-4-6-12(2,3)16-11-10(14)9(8-13)5-7-15-11/h5,7H,4,6,14H2,1-3H3,(H,15,16). The van der Waals surface area contributed by atoms with Gasteiger partial charge in [0, 0.05) is 11.7 Å². The molecule has 4 nitrogen and oxygen atoms in total. The van der Waals surface area contributed by atoms with Gasteiger partial charge in [-0.05, 0) is 26.3 Å². The van der Waals surface area contributed by atoms with Gasteiger partial charge in [-0.25, -0.2) is 4.98 Å². The van der Waals surface area contributed by atoms with E-state index in [1.54, 1.807) is 12.3 Å². The molecule has 3 N–H and O–H groups in total. The maximum atomic E-state index is 8.86. The topological polar surface area (TPSA) is 74.7 Å². The predicted octanol–water partition coefficient (Wildman–Crippen LogP) is 2.53. The van der Waals surface area contributed by atoms with Crippen molar-refractivity contribution in [2.75, 3.05) is 11.1 Å². The smallest absolute Gasteiger partial charge is 0.150 e. The van der Waals surface area contributed by atoms with Crippen LogP contribution in [-0.4, -0.2) is 10.5 Å². The van der Waals surface area contributed by atoms with Crippen molar-refractivity contribution >= 4 is 11.5 Å². The largest absolute Gasteiger partial charge is 0.395 e. The summed E-state index contributed by atoms with van der Waals surface area (Å²) >= 11 is 0. The van der Waals surface area contributed by atoms with E-state index in [1.807, 2.05) is 6.07 Å². The number of pyridine rings is 1. The molecule has 0 aliphatic rings. The second-order valence-corrected chi connectivity index (χ2v) is 4.49. The highest BCUT2D eigenvalue weighted by Crippen LogP contribution is 2.24. The van der Waals surface area contributed by atoms with Gasteiger partial charge >= 0.3 is 0 Å². The maximum Gasteiger partial charge on any atom is 0.150 e. The third-order valence-corrected chi connectivity index (χ3v) is 2.44. The zero-order valence-electron chi connectivity index (χ0n) is 10.0. The zero-order valence-corrected chi connectivity index (χ0v) is 10.0. The Kier molecular flexibility index (Phi) is 3.73. The fraction of sp³-hybridized carbons (Fsp3) is 0.500. The summed E-state index contributed by atoms with van der Waals surface area (Å²) in [7, 11) is 0. The van der Waals surface area contributed by atoms with Crippen LogP contribution in [0.1, 0.15) is 39.2 Å². The Labute approximate surface area is 96.5 Å². The van der Waals surface area contributed by atoms with Crippen molar-refractivity contribution in [3.8, 4) is 6.07 Å². The molecule has 0 aliphatic heterocycles. The van der Waals surface area contributed by atoms with E-state index >= 15 is 0 Å². The van der Waals surface area contributed by atoms with Crippen LogP contribution >= 0.6 is 0 Å². The molecule has 1 aromatic rings. The van der Waals surface area contributed by atoms with Crippen LogP contribution in [-0.2, 0) is 0 Å². The van der Waals surface area contributed by atoms with E-state index in [9.17, 15) is 0 Å². The van der Waals surface area contributed by atoms with Gasteiger partial charge in [0.1, 0.15) is 6.07 Å². The number of nitrogens with two attached hydrogens (primary N) is 1. The van der Waals surface area contributed by atoms with E-state index in [0.29, 0.717) is 17.1 Å². The van der Waals surface area contributed by atoms with Crippen molar-refractivity contribution in [1.29, 1.82) is 5.26 Å². The van der Waals surface area contributed by atoms with Crippen molar-refractivity contribution in [2.24, 2.45) is 0 Å². The summed E-state index contributed by atoms with van der Waals surface area (Å²) in [4.78, 5) is 4.17. The predicted molar refractivity (Wildman–Crippen MR) is 66.0 cm³/mol. The lowest BCUT2D eigenvalue weighted by molar-refractivity contribution is 0.509. The minimum Gasteiger partial charge on any atom is -0.395 e. The SMILES string of the molecule is CCCC(C)(C)Nc1nccc(C#N)c1N. The maximum absolute atomic E-state index is 8.86. The Morgan fingerprint density at radius 2 is 2.25 bits per heavy atom. The van der Waals surface area contributed by atoms with E-state index in [4.69, 9.17) is 11.0 Å². The lowest BCUT2D eigenvalue weighted by Gasteiger charge is -2.27. The number of hydrogen-bond donors (Lipinski definition) is 2. The van der Waals surface area contributed by atoms with E-state index in [0.717, 1.165) is 12.8 Å². The van der Waals surface area contributed by atoms with Crippen molar-refractivity contribution in [3.05, 3.63) is 17.8 Å². The molecule has 0 saturated carbocycles. The van der Waals surface area contributed by atoms with Crippen molar-refractivity contribution in [1.82, 2.24) is 4.98 Å². The molecular weight excluding hydrogens is 200 g/mol. The van der Waals surface area contributed by atoms with Gasteiger partial charge in [0.15, 0.2) is 5.82 Å². The minimum absolute atomic E-state index is 0.0655. The highest BCUT2D eigenvalue weighted by atomic mass is 15.1. The molecule has 0 aromatic carbocycles. The summed E-state index contributed by atoms with van der Waals surface area (Å²) in [6.45, 7) is 6.32. The third-order valence-electron chi connectivity index (χ3n) is 2.44. The summed E-state index contributed by atoms with van der Waals surface area (Å²) < 4.78 is 0. The van der Waals surface area contributed by atoms with Crippen LogP contribution in [0.15, 0.2) is 12.3 Å². The summed E-state index contributed by atoms with van der Waals surface area (Å²) in [6.07, 6.45) is 3.70. The van der Waals surface area contributed by atoms with Gasteiger partial charge in [0.2, 0.25) is 0 Å². The molecule has 0 spiro atoms. The minimum atomic E-state index is -0.0655. The number of anilines is 2. The first-order valence-corrected chi connectivity index (χ1v) is 5.43. The van der Waals surface area contributed by atoms with Crippen LogP contribution in [0.25, 0.3) is 0 Å². The van der Waals surface area contributed by atoms with Gasteiger partial charge in [-0.2, -0.15) is 5.26 Å². The highest BCUT2D eigenvalue weighted by Gasteiger charge is 2.18. The molecule has 0 radical (unpaired) electrons. The van der Waals surface area contributed by atoms with Gasteiger partial charge in [-0.1, -0.05) is 13.3 Å². The average Bonchev–Trinajstić information content (AvgIpc) is 2.21.